The number of halogens is 7. The van der Waals surface area contributed by atoms with Crippen molar-refractivity contribution in [3.8, 4) is 0 Å². The van der Waals surface area contributed by atoms with Gasteiger partial charge in [-0.05, 0) is 91.9 Å². The first-order chi connectivity index (χ1) is 28.4. The highest BCUT2D eigenvalue weighted by atomic mass is 35.5. The molecule has 3 fully saturated rings. The number of aliphatic hydroxyl groups excluding tert-OH is 1. The molecular formula is C43H44Cl4F3N3O6S. The van der Waals surface area contributed by atoms with Gasteiger partial charge in [-0.25, -0.2) is 18.2 Å². The fraction of sp³-hybridized carbons (Fsp3) is 0.465. The van der Waals surface area contributed by atoms with E-state index in [4.69, 9.17) is 56.0 Å². The van der Waals surface area contributed by atoms with Gasteiger partial charge in [0, 0.05) is 67.7 Å². The van der Waals surface area contributed by atoms with Crippen LogP contribution in [-0.2, 0) is 37.1 Å². The summed E-state index contributed by atoms with van der Waals surface area (Å²) in [5.41, 5.74) is -4.70. The highest BCUT2D eigenvalue weighted by Gasteiger charge is 2.78. The molecule has 1 N–H and O–H groups in total. The van der Waals surface area contributed by atoms with Crippen molar-refractivity contribution in [1.82, 2.24) is 9.55 Å². The number of carbonyl (C=O) groups excluding carboxylic acids is 3. The van der Waals surface area contributed by atoms with Crippen LogP contribution in [0.5, 0.6) is 0 Å². The molecule has 1 aromatic heterocycles. The average molecular weight is 930 g/mol. The van der Waals surface area contributed by atoms with Gasteiger partial charge in [-0.3, -0.25) is 14.4 Å². The molecule has 9 nitrogen and oxygen atoms in total. The number of ketones is 1. The van der Waals surface area contributed by atoms with Crippen LogP contribution in [0, 0.1) is 28.6 Å². The minimum absolute atomic E-state index is 0.0141. The first-order valence-corrected chi connectivity index (χ1v) is 21.8. The highest BCUT2D eigenvalue weighted by Crippen LogP contribution is 2.72. The Bertz CT molecular complexity index is 2230. The van der Waals surface area contributed by atoms with Crippen LogP contribution in [0.25, 0.3) is 0 Å². The van der Waals surface area contributed by atoms with E-state index in [9.17, 15) is 23.9 Å². The lowest BCUT2D eigenvalue weighted by Gasteiger charge is -2.63. The number of fused-ring (bicyclic) bond motifs is 5. The average Bonchev–Trinajstić information content (AvgIpc) is 3.78. The van der Waals surface area contributed by atoms with Gasteiger partial charge in [-0.2, -0.15) is 0 Å². The third-order valence-corrected chi connectivity index (χ3v) is 14.6. The van der Waals surface area contributed by atoms with Gasteiger partial charge in [-0.1, -0.05) is 84.5 Å². The van der Waals surface area contributed by atoms with Gasteiger partial charge in [0.15, 0.2) is 17.1 Å². The minimum Gasteiger partial charge on any atom is -0.449 e. The molecule has 60 heavy (non-hydrogen) atoms. The lowest BCUT2D eigenvalue weighted by atomic mass is 9.44. The third-order valence-electron chi connectivity index (χ3n) is 12.8. The van der Waals surface area contributed by atoms with Crippen LogP contribution in [0.2, 0.25) is 20.1 Å². The molecule has 0 spiro atoms. The van der Waals surface area contributed by atoms with Crippen LogP contribution in [0.3, 0.4) is 0 Å². The molecule has 4 aliphatic carbocycles. The van der Waals surface area contributed by atoms with Crippen molar-refractivity contribution in [3.63, 3.8) is 0 Å². The van der Waals surface area contributed by atoms with E-state index in [1.165, 1.54) is 19.1 Å². The predicted octanol–water partition coefficient (Wildman–Crippen LogP) is 10.5. The number of allylic oxidation sites excluding steroid dienone is 4. The van der Waals surface area contributed by atoms with Gasteiger partial charge >= 0.3 is 5.97 Å². The molecule has 3 saturated carbocycles. The largest absolute Gasteiger partial charge is 0.449 e. The number of aliphatic hydroxyl groups is 1. The maximum absolute atomic E-state index is 17.2. The maximum Gasteiger partial charge on any atom is 0.306 e. The molecule has 0 amide bonds. The predicted molar refractivity (Wildman–Crippen MR) is 227 cm³/mol. The fourth-order valence-corrected chi connectivity index (χ4v) is 11.7. The summed E-state index contributed by atoms with van der Waals surface area (Å²) in [6.07, 6.45) is 5.37. The number of ether oxygens (including phenoxy) is 1. The van der Waals surface area contributed by atoms with E-state index in [1.54, 1.807) is 69.7 Å². The number of hydrogen-bond donors (Lipinski definition) is 1. The van der Waals surface area contributed by atoms with E-state index in [-0.39, 0.29) is 37.9 Å². The topological polar surface area (TPSA) is 120 Å². The van der Waals surface area contributed by atoms with Gasteiger partial charge in [0.1, 0.15) is 24.5 Å². The van der Waals surface area contributed by atoms with Crippen molar-refractivity contribution in [1.29, 1.82) is 0 Å². The number of aromatic nitrogens is 2. The van der Waals surface area contributed by atoms with Crippen molar-refractivity contribution in [2.75, 3.05) is 6.01 Å². The van der Waals surface area contributed by atoms with E-state index in [0.717, 1.165) is 17.2 Å². The summed E-state index contributed by atoms with van der Waals surface area (Å²) < 4.78 is 53.7. The molecule has 0 saturated heterocycles. The number of esters is 1. The summed E-state index contributed by atoms with van der Waals surface area (Å²) in [7, 11) is 0. The van der Waals surface area contributed by atoms with Gasteiger partial charge in [0.25, 0.3) is 0 Å². The van der Waals surface area contributed by atoms with Crippen molar-refractivity contribution < 1.29 is 42.2 Å². The Morgan fingerprint density at radius 2 is 1.77 bits per heavy atom. The number of nitrogens with zero attached hydrogens (tertiary/aromatic N) is 3. The number of carbonyl (C=O) groups is 3. The molecule has 4 aliphatic rings. The molecule has 2 unspecified atom stereocenters. The standard InChI is InChI=1S/C25H31F3O5S.C18H13Cl4N3O/c1-5-20(31)33-25(21(32)34-12-26)13(2)8-15-16-10-18(27)17-9-14(29)6-7-22(17,3)24(16,28)19(30)11-23(15,25)4;19-13-2-1-12(16(21)7-13)10-26-24-18(9-25-6-5-23-11-25)15-4-3-14(20)8-17(15)22/h6-7,9,13,15-16,18-19,30H,5,8,10-12H2,1-4H3;1-8,11H,9-10H2/b;24-18-/t13-,15?,16?,18+,19+,22+,23+,24+,25+;/m1./s1. The number of rotatable bonds is 10. The molecule has 7 rings (SSSR count). The normalized spacial score (nSPS) is 31.9. The van der Waals surface area contributed by atoms with Gasteiger partial charge in [0.2, 0.25) is 5.12 Å². The van der Waals surface area contributed by atoms with Crippen LogP contribution in [0.15, 0.2) is 84.1 Å². The van der Waals surface area contributed by atoms with Crippen molar-refractivity contribution in [2.45, 2.75) is 90.1 Å². The molecule has 0 aliphatic heterocycles. The Morgan fingerprint density at radius 3 is 2.40 bits per heavy atom. The zero-order chi connectivity index (χ0) is 43.8. The summed E-state index contributed by atoms with van der Waals surface area (Å²) in [6.45, 7) is 7.09. The summed E-state index contributed by atoms with van der Waals surface area (Å²) in [5, 5.41) is 17.1. The summed E-state index contributed by atoms with van der Waals surface area (Å²) >= 11 is 24.8. The second kappa shape index (κ2) is 18.2. The zero-order valence-corrected chi connectivity index (χ0v) is 37.0. The van der Waals surface area contributed by atoms with E-state index in [1.807, 2.05) is 10.8 Å². The van der Waals surface area contributed by atoms with Crippen molar-refractivity contribution in [3.05, 3.63) is 110 Å². The first-order valence-electron chi connectivity index (χ1n) is 19.3. The van der Waals surface area contributed by atoms with Gasteiger partial charge in [0.05, 0.1) is 24.0 Å². The Labute approximate surface area is 370 Å². The van der Waals surface area contributed by atoms with E-state index < -0.39 is 75.0 Å². The quantitative estimate of drug-likeness (QED) is 0.121. The minimum atomic E-state index is -2.30. The number of benzene rings is 2. The maximum atomic E-state index is 17.2. The number of hydrogen-bond acceptors (Lipinski definition) is 9. The number of thioether (sulfide) groups is 1. The van der Waals surface area contributed by atoms with Crippen molar-refractivity contribution >= 4 is 80.7 Å². The monoisotopic (exact) mass is 927 g/mol. The SMILES string of the molecule is CCC(=O)O[C@]1(C(=O)SCF)[C@H](C)CC2C3C[C@H](F)C4=CC(=O)C=C[C@]4(C)[C@@]3(F)[C@@H](O)C[C@@]21C.Clc1ccc(CO/N=C(/Cn2ccnc2)c2ccc(Cl)cc2Cl)c(Cl)c1. The van der Waals surface area contributed by atoms with E-state index >= 15 is 8.78 Å². The van der Waals surface area contributed by atoms with Gasteiger partial charge < -0.3 is 19.2 Å². The summed E-state index contributed by atoms with van der Waals surface area (Å²) in [5.74, 6) is -3.30. The Morgan fingerprint density at radius 1 is 1.07 bits per heavy atom. The van der Waals surface area contributed by atoms with Crippen LogP contribution in [0.4, 0.5) is 13.2 Å². The molecule has 2 aromatic carbocycles. The molecule has 9 atom stereocenters. The van der Waals surface area contributed by atoms with Crippen LogP contribution in [-0.4, -0.2) is 66.8 Å². The number of imidazole rings is 1. The molecule has 3 aromatic rings. The summed E-state index contributed by atoms with van der Waals surface area (Å²) in [6, 6.07) is 9.41. The molecule has 1 heterocycles. The zero-order valence-electron chi connectivity index (χ0n) is 33.1. The smallest absolute Gasteiger partial charge is 0.306 e. The lowest BCUT2D eigenvalue weighted by molar-refractivity contribution is -0.228. The highest BCUT2D eigenvalue weighted by molar-refractivity contribution is 8.13. The number of oxime groups is 1. The van der Waals surface area contributed by atoms with E-state index in [0.29, 0.717) is 44.1 Å². The first kappa shape index (κ1) is 46.2. The second-order valence-corrected chi connectivity index (χ2v) is 18.6. The molecule has 0 bridgehead atoms. The Hall–Kier alpha value is -3.33. The Kier molecular flexibility index (Phi) is 14.0. The lowest BCUT2D eigenvalue weighted by Crippen LogP contribution is -2.70. The molecule has 17 heteroatoms. The van der Waals surface area contributed by atoms with Gasteiger partial charge in [-0.15, -0.1) is 0 Å². The number of alkyl halides is 3. The molecular weight excluding hydrogens is 885 g/mol. The van der Waals surface area contributed by atoms with Crippen LogP contribution >= 0.6 is 58.2 Å². The molecule has 322 valence electrons. The fourth-order valence-electron chi connectivity index (χ4n) is 9.88. The van der Waals surface area contributed by atoms with Crippen LogP contribution < -0.4 is 0 Å². The second-order valence-electron chi connectivity index (χ2n) is 16.0. The van der Waals surface area contributed by atoms with Crippen LogP contribution in [0.1, 0.15) is 64.5 Å². The van der Waals surface area contributed by atoms with Crippen molar-refractivity contribution in [2.24, 2.45) is 33.7 Å². The van der Waals surface area contributed by atoms with E-state index in [2.05, 4.69) is 10.1 Å². The molecule has 0 radical (unpaired) electrons. The Balaban J connectivity index is 0.000000209. The third kappa shape index (κ3) is 8.19. The summed E-state index contributed by atoms with van der Waals surface area (Å²) in [4.78, 5) is 47.3.